The second-order valence-electron chi connectivity index (χ2n) is 35.6. The number of methoxy groups -OCH3 is 1. The minimum absolute atomic E-state index is 0.0774. The molecule has 4 aliphatic heterocycles. The number of halogens is 1. The van der Waals surface area contributed by atoms with Crippen molar-refractivity contribution >= 4 is 109 Å². The molecule has 1 aliphatic carbocycles. The molecular formula is C111H103FN4O17S4. The van der Waals surface area contributed by atoms with Crippen LogP contribution in [0.4, 0.5) is 4.39 Å². The van der Waals surface area contributed by atoms with Crippen LogP contribution < -0.4 is 18.9 Å². The van der Waals surface area contributed by atoms with E-state index in [2.05, 4.69) is 33.4 Å². The van der Waals surface area contributed by atoms with E-state index >= 15 is 0 Å². The van der Waals surface area contributed by atoms with E-state index in [1.165, 1.54) is 64.6 Å². The molecule has 0 bridgehead atoms. The molecule has 8 heterocycles. The average molecular weight is 1910 g/mol. The molecule has 16 aromatic rings. The molecule has 0 spiro atoms. The number of hydrogen-bond donors (Lipinski definition) is 8. The van der Waals surface area contributed by atoms with Gasteiger partial charge in [-0.15, -0.1) is 45.3 Å². The van der Waals surface area contributed by atoms with Gasteiger partial charge in [0.2, 0.25) is 0 Å². The number of aromatic hydroxyl groups is 8. The number of fused-ring (bicyclic) bond motifs is 4. The van der Waals surface area contributed by atoms with E-state index in [4.69, 9.17) is 23.7 Å². The van der Waals surface area contributed by atoms with Crippen LogP contribution >= 0.6 is 45.3 Å². The molecule has 0 atom stereocenters. The number of ketones is 4. The Morgan fingerprint density at radius 3 is 0.839 bits per heavy atom. The van der Waals surface area contributed by atoms with Gasteiger partial charge in [0.25, 0.3) is 0 Å². The third-order valence-corrected chi connectivity index (χ3v) is 29.9. The molecule has 12 aromatic carbocycles. The number of carbonyl (C=O) groups is 4. The lowest BCUT2D eigenvalue weighted by atomic mass is 9.89. The maximum atomic E-state index is 13.7. The van der Waals surface area contributed by atoms with Crippen molar-refractivity contribution in [2.75, 3.05) is 92.4 Å². The first-order chi connectivity index (χ1) is 66.4. The number of ether oxygens (including phenoxy) is 5. The van der Waals surface area contributed by atoms with E-state index < -0.39 is 0 Å². The number of phenols is 8. The maximum Gasteiger partial charge on any atom is 0.195 e. The van der Waals surface area contributed by atoms with Gasteiger partial charge in [-0.2, -0.15) is 0 Å². The number of nitrogens with zero attached hydrogens (tertiary/aromatic N) is 4. The van der Waals surface area contributed by atoms with Gasteiger partial charge in [0.15, 0.2) is 23.1 Å². The fraction of sp³-hybridized carbons (Fsp3) is 0.243. The van der Waals surface area contributed by atoms with E-state index in [0.717, 1.165) is 190 Å². The number of rotatable bonds is 30. The van der Waals surface area contributed by atoms with E-state index in [1.54, 1.807) is 213 Å². The number of thiophene rings is 4. The number of likely N-dealkylation sites (tertiary alicyclic amines) is 4. The molecule has 5 aliphatic rings. The number of phenolic OH excluding ortho intramolecular Hbond substituents is 8. The van der Waals surface area contributed by atoms with Crippen molar-refractivity contribution < 1.29 is 88.1 Å². The number of alkyl halides is 1. The number of benzene rings is 12. The van der Waals surface area contributed by atoms with Crippen molar-refractivity contribution in [2.45, 2.75) is 76.4 Å². The van der Waals surface area contributed by atoms with Gasteiger partial charge in [-0.1, -0.05) is 20.3 Å². The van der Waals surface area contributed by atoms with Crippen LogP contribution in [0.3, 0.4) is 0 Å². The second-order valence-corrected chi connectivity index (χ2v) is 39.8. The zero-order valence-electron chi connectivity index (χ0n) is 75.6. The van der Waals surface area contributed by atoms with Crippen molar-refractivity contribution in [3.05, 3.63) is 311 Å². The Hall–Kier alpha value is -13.5. The molecule has 700 valence electrons. The topological polar surface area (TPSA) is 289 Å². The summed E-state index contributed by atoms with van der Waals surface area (Å²) in [5.74, 6) is 4.58. The van der Waals surface area contributed by atoms with Crippen LogP contribution in [-0.4, -0.2) is 206 Å². The highest BCUT2D eigenvalue weighted by Gasteiger charge is 2.38. The van der Waals surface area contributed by atoms with Crippen LogP contribution in [0.15, 0.2) is 267 Å². The van der Waals surface area contributed by atoms with Gasteiger partial charge in [-0.3, -0.25) is 43.2 Å². The summed E-state index contributed by atoms with van der Waals surface area (Å²) in [6.45, 7) is 14.9. The van der Waals surface area contributed by atoms with Gasteiger partial charge in [0.1, 0.15) is 93.4 Å². The van der Waals surface area contributed by atoms with Crippen molar-refractivity contribution in [1.82, 2.24) is 19.6 Å². The first-order valence-corrected chi connectivity index (χ1v) is 49.1. The third kappa shape index (κ3) is 21.8. The van der Waals surface area contributed by atoms with Crippen molar-refractivity contribution in [3.8, 4) is 111 Å². The van der Waals surface area contributed by atoms with Crippen LogP contribution in [0, 0.1) is 5.92 Å². The lowest BCUT2D eigenvalue weighted by Crippen LogP contribution is -2.59. The highest BCUT2D eigenvalue weighted by atomic mass is 32.1. The standard InChI is InChI=1S/C28H27NO5S.C28H25NO4S.C28H27NO4S.C27H24FNO4S/c1-33-14-2-13-29-16-23(17-29)34-22-10-5-18(6-11-22)27(32)26-24-12-9-21(31)15-25(24)35-28(26)19-3-7-20(30)8-4-19;30-20-8-4-18(5-9-20)28-26(24-13-10-21(31)14-25(24)34-28)27(32)17-6-11-22(12-7-17)33-23-15-29(16-23)19-2-1-3-19;1-17(2)14-29-15-23(16-29)33-22-10-5-18(6-11-22)27(32)26-24-12-9-21(31)13-25(24)34-28(26)19-3-7-20(30)8-4-19;28-12-1-13-29-15-22(16-29)33-21-9-4-17(5-10-21)26(32)25-23-11-8-20(31)14-24(23)34-27(25)18-2-6-19(30)7-3-18/h3-12,15,23,30-31H,2,13-14,16-17H2,1H3;4-14,19,23,30-31H,1-3,15-16H2;3-13,17,23,30-31H,14-16H2,1-2H3;2-11,14,22,30-31H,1,12-13,15-16H2. The summed E-state index contributed by atoms with van der Waals surface area (Å²) < 4.78 is 44.9. The van der Waals surface area contributed by atoms with Gasteiger partial charge in [0.05, 0.1) is 6.67 Å². The second kappa shape index (κ2) is 42.0. The van der Waals surface area contributed by atoms with Gasteiger partial charge < -0.3 is 64.5 Å². The van der Waals surface area contributed by atoms with Crippen molar-refractivity contribution in [2.24, 2.45) is 5.92 Å². The fourth-order valence-corrected chi connectivity index (χ4v) is 22.7. The summed E-state index contributed by atoms with van der Waals surface area (Å²) in [4.78, 5) is 67.2. The lowest BCUT2D eigenvalue weighted by Gasteiger charge is -2.47. The van der Waals surface area contributed by atoms with Crippen LogP contribution in [-0.2, 0) is 4.74 Å². The molecule has 5 fully saturated rings. The molecule has 4 saturated heterocycles. The van der Waals surface area contributed by atoms with Crippen LogP contribution in [0.5, 0.6) is 69.0 Å². The molecule has 21 nitrogen and oxygen atoms in total. The van der Waals surface area contributed by atoms with Crippen LogP contribution in [0.2, 0.25) is 0 Å². The predicted molar refractivity (Wildman–Crippen MR) is 540 cm³/mol. The molecule has 26 heteroatoms. The molecule has 0 radical (unpaired) electrons. The summed E-state index contributed by atoms with van der Waals surface area (Å²) in [5.41, 5.74) is 8.00. The molecule has 21 rings (SSSR count). The molecule has 0 unspecified atom stereocenters. The first kappa shape index (κ1) is 93.9. The molecule has 8 N–H and O–H groups in total. The minimum atomic E-state index is -0.299. The van der Waals surface area contributed by atoms with Crippen LogP contribution in [0.25, 0.3) is 82.1 Å². The van der Waals surface area contributed by atoms with Gasteiger partial charge >= 0.3 is 0 Å². The Bertz CT molecular complexity index is 6980. The normalized spacial score (nSPS) is 14.9. The number of hydrogen-bond acceptors (Lipinski definition) is 25. The van der Waals surface area contributed by atoms with Crippen molar-refractivity contribution in [3.63, 3.8) is 0 Å². The third-order valence-electron chi connectivity index (χ3n) is 25.1. The highest BCUT2D eigenvalue weighted by Crippen LogP contribution is 2.48. The summed E-state index contributed by atoms with van der Waals surface area (Å²) in [5, 5.41) is 81.7. The summed E-state index contributed by atoms with van der Waals surface area (Å²) in [7, 11) is 1.72. The molecule has 4 aromatic heterocycles. The van der Waals surface area contributed by atoms with Crippen LogP contribution in [0.1, 0.15) is 110 Å². The predicted octanol–water partition coefficient (Wildman–Crippen LogP) is 22.7. The minimum Gasteiger partial charge on any atom is -0.508 e. The SMILES string of the molecule is CC(C)CN1CC(Oc2ccc(C(=O)c3c(-c4ccc(O)cc4)sc4cc(O)ccc34)cc2)C1.COCCCN1CC(Oc2ccc(C(=O)c3c(-c4ccc(O)cc4)sc4cc(O)ccc34)cc2)C1.O=C(c1ccc(OC2CN(C3CCC3)C2)cc1)c1c(-c2ccc(O)cc2)sc2cc(O)ccc12.O=C(c1ccc(OC2CN(CCCF)C2)cc1)c1c(-c2ccc(O)cc2)sc2cc(O)ccc12. The Kier molecular flexibility index (Phi) is 28.8. The monoisotopic (exact) mass is 1910 g/mol. The average Bonchev–Trinajstić information content (AvgIpc) is 1.65. The lowest BCUT2D eigenvalue weighted by molar-refractivity contribution is -0.0308. The largest absolute Gasteiger partial charge is 0.508 e. The molecule has 137 heavy (non-hydrogen) atoms. The Balaban J connectivity index is 0.000000121. The first-order valence-electron chi connectivity index (χ1n) is 45.9. The maximum absolute atomic E-state index is 13.7. The number of carbonyl (C=O) groups excluding carboxylic acids is 4. The van der Waals surface area contributed by atoms with Gasteiger partial charge in [-0.25, -0.2) is 0 Å². The Labute approximate surface area is 807 Å². The van der Waals surface area contributed by atoms with Gasteiger partial charge in [-0.05, 0) is 321 Å². The van der Waals surface area contributed by atoms with Gasteiger partial charge in [0, 0.05) is 196 Å². The molecule has 0 amide bonds. The van der Waals surface area contributed by atoms with E-state index in [1.807, 2.05) is 60.7 Å². The summed E-state index contributed by atoms with van der Waals surface area (Å²) >= 11 is 5.80. The highest BCUT2D eigenvalue weighted by molar-refractivity contribution is 7.24. The Morgan fingerprint density at radius 2 is 0.591 bits per heavy atom. The molecule has 1 saturated carbocycles. The zero-order valence-corrected chi connectivity index (χ0v) is 78.9. The summed E-state index contributed by atoms with van der Waals surface area (Å²) in [6, 6.07) is 77.4. The summed E-state index contributed by atoms with van der Waals surface area (Å²) in [6.07, 6.45) is 6.18. The van der Waals surface area contributed by atoms with E-state index in [9.17, 15) is 64.4 Å². The van der Waals surface area contributed by atoms with Crippen molar-refractivity contribution in [1.29, 1.82) is 0 Å². The Morgan fingerprint density at radius 1 is 0.336 bits per heavy atom. The smallest absolute Gasteiger partial charge is 0.195 e. The zero-order chi connectivity index (χ0) is 95.1. The van der Waals surface area contributed by atoms with E-state index in [0.29, 0.717) is 62.6 Å². The fourth-order valence-electron chi connectivity index (χ4n) is 17.7. The van der Waals surface area contributed by atoms with E-state index in [-0.39, 0.29) is 100 Å². The quantitative estimate of drug-likeness (QED) is 0.0153. The molecular weight excluding hydrogens is 1810 g/mol.